The van der Waals surface area contributed by atoms with Crippen LogP contribution in [0.4, 0.5) is 10.1 Å². The van der Waals surface area contributed by atoms with Crippen molar-refractivity contribution in [1.29, 1.82) is 0 Å². The normalized spacial score (nSPS) is 12.3. The van der Waals surface area contributed by atoms with Crippen LogP contribution < -0.4 is 10.0 Å². The Morgan fingerprint density at radius 3 is 2.45 bits per heavy atom. The number of anilines is 1. The van der Waals surface area contributed by atoms with Crippen molar-refractivity contribution in [1.82, 2.24) is 24.5 Å². The molecule has 11 heteroatoms. The van der Waals surface area contributed by atoms with Crippen LogP contribution in [0.5, 0.6) is 0 Å². The number of nitrogens with zero attached hydrogens (tertiary/aromatic N) is 4. The molecule has 0 aliphatic rings. The average molecular weight is 466 g/mol. The first kappa shape index (κ1) is 22.2. The van der Waals surface area contributed by atoms with E-state index in [1.807, 2.05) is 6.07 Å². The molecule has 0 spiro atoms. The summed E-state index contributed by atoms with van der Waals surface area (Å²) in [5.41, 5.74) is 1.08. The molecule has 1 atom stereocenters. The maximum absolute atomic E-state index is 14.1. The molecule has 2 heterocycles. The van der Waals surface area contributed by atoms with E-state index < -0.39 is 32.7 Å². The monoisotopic (exact) mass is 466 g/mol. The number of halogens is 1. The van der Waals surface area contributed by atoms with Crippen LogP contribution in [0.1, 0.15) is 5.56 Å². The number of amides is 1. The number of hydrogen-bond donors (Lipinski definition) is 2. The maximum atomic E-state index is 14.1. The number of aromatic nitrogens is 4. The molecule has 0 aliphatic heterocycles. The summed E-state index contributed by atoms with van der Waals surface area (Å²) in [5, 5.41) is 6.63. The van der Waals surface area contributed by atoms with Crippen LogP contribution in [0.25, 0.3) is 5.82 Å². The highest BCUT2D eigenvalue weighted by Gasteiger charge is 2.28. The Morgan fingerprint density at radius 2 is 1.79 bits per heavy atom. The molecular formula is C22H19FN6O3S. The van der Waals surface area contributed by atoms with E-state index in [9.17, 15) is 17.6 Å². The fraction of sp³-hybridized carbons (Fsp3) is 0.0909. The summed E-state index contributed by atoms with van der Waals surface area (Å²) in [7, 11) is -4.30. The van der Waals surface area contributed by atoms with Gasteiger partial charge in [0, 0.05) is 0 Å². The Labute approximate surface area is 189 Å². The van der Waals surface area contributed by atoms with Crippen LogP contribution in [0.2, 0.25) is 0 Å². The number of pyridine rings is 1. The van der Waals surface area contributed by atoms with E-state index in [0.29, 0.717) is 11.5 Å². The molecule has 0 unspecified atom stereocenters. The molecular weight excluding hydrogens is 447 g/mol. The van der Waals surface area contributed by atoms with Gasteiger partial charge in [0.2, 0.25) is 15.9 Å². The van der Waals surface area contributed by atoms with Gasteiger partial charge in [-0.15, -0.1) is 0 Å². The molecule has 4 aromatic rings. The predicted molar refractivity (Wildman–Crippen MR) is 118 cm³/mol. The van der Waals surface area contributed by atoms with Gasteiger partial charge < -0.3 is 5.32 Å². The molecule has 33 heavy (non-hydrogen) atoms. The van der Waals surface area contributed by atoms with Gasteiger partial charge in [-0.25, -0.2) is 27.5 Å². The van der Waals surface area contributed by atoms with Gasteiger partial charge in [0.05, 0.1) is 11.9 Å². The Hall–Kier alpha value is -3.96. The van der Waals surface area contributed by atoms with Crippen molar-refractivity contribution in [3.05, 3.63) is 97.0 Å². The van der Waals surface area contributed by atoms with E-state index in [0.717, 1.165) is 17.7 Å². The molecule has 1 amide bonds. The first-order chi connectivity index (χ1) is 15.9. The fourth-order valence-corrected chi connectivity index (χ4v) is 4.38. The number of sulfonamides is 1. The highest BCUT2D eigenvalue weighted by atomic mass is 32.2. The highest BCUT2D eigenvalue weighted by Crippen LogP contribution is 2.16. The third-order valence-corrected chi connectivity index (χ3v) is 6.20. The van der Waals surface area contributed by atoms with E-state index in [1.54, 1.807) is 36.4 Å². The molecule has 9 nitrogen and oxygen atoms in total. The molecule has 2 aromatic heterocycles. The van der Waals surface area contributed by atoms with Crippen LogP contribution in [-0.4, -0.2) is 40.1 Å². The van der Waals surface area contributed by atoms with Gasteiger partial charge in [-0.1, -0.05) is 42.5 Å². The lowest BCUT2D eigenvalue weighted by atomic mass is 10.1. The lowest BCUT2D eigenvalue weighted by molar-refractivity contribution is -0.117. The summed E-state index contributed by atoms with van der Waals surface area (Å²) in [5.74, 6) is -1.03. The summed E-state index contributed by atoms with van der Waals surface area (Å²) in [6.07, 6.45) is 4.33. The summed E-state index contributed by atoms with van der Waals surface area (Å²) in [6, 6.07) is 15.9. The Morgan fingerprint density at radius 1 is 1.03 bits per heavy atom. The Kier molecular flexibility index (Phi) is 6.52. The van der Waals surface area contributed by atoms with Gasteiger partial charge in [-0.2, -0.15) is 9.82 Å². The van der Waals surface area contributed by atoms with Crippen LogP contribution in [0.3, 0.4) is 0 Å². The van der Waals surface area contributed by atoms with Crippen molar-refractivity contribution in [3.8, 4) is 5.82 Å². The molecule has 0 saturated carbocycles. The quantitative estimate of drug-likeness (QED) is 0.411. The first-order valence-electron chi connectivity index (χ1n) is 9.85. The van der Waals surface area contributed by atoms with Crippen molar-refractivity contribution in [2.75, 3.05) is 5.32 Å². The van der Waals surface area contributed by atoms with Gasteiger partial charge in [-0.3, -0.25) is 4.79 Å². The van der Waals surface area contributed by atoms with Crippen molar-refractivity contribution >= 4 is 21.6 Å². The second-order valence-electron chi connectivity index (χ2n) is 7.03. The molecule has 2 aromatic carbocycles. The van der Waals surface area contributed by atoms with Crippen LogP contribution in [0.15, 0.2) is 90.5 Å². The number of rotatable bonds is 8. The minimum absolute atomic E-state index is 0.0603. The number of benzene rings is 2. The molecule has 2 N–H and O–H groups in total. The number of carbonyl (C=O) groups excluding carboxylic acids is 1. The van der Waals surface area contributed by atoms with Crippen molar-refractivity contribution in [3.63, 3.8) is 0 Å². The summed E-state index contributed by atoms with van der Waals surface area (Å²) >= 11 is 0. The third-order valence-electron chi connectivity index (χ3n) is 4.69. The first-order valence-corrected chi connectivity index (χ1v) is 11.3. The molecule has 0 radical (unpaired) electrons. The smallest absolute Gasteiger partial charge is 0.244 e. The van der Waals surface area contributed by atoms with Gasteiger partial charge >= 0.3 is 0 Å². The summed E-state index contributed by atoms with van der Waals surface area (Å²) in [4.78, 5) is 20.6. The van der Waals surface area contributed by atoms with E-state index >= 15 is 0 Å². The third kappa shape index (κ3) is 5.45. The second-order valence-corrected chi connectivity index (χ2v) is 8.71. The number of nitrogens with one attached hydrogen (secondary N) is 2. The zero-order valence-electron chi connectivity index (χ0n) is 17.2. The van der Waals surface area contributed by atoms with Gasteiger partial charge in [0.1, 0.15) is 29.4 Å². The van der Waals surface area contributed by atoms with Gasteiger partial charge in [-0.05, 0) is 36.2 Å². The van der Waals surface area contributed by atoms with E-state index in [4.69, 9.17) is 0 Å². The SMILES string of the molecule is O=C(Nc1ccc(-n2cncn2)nc1)[C@H](Cc1ccccc1)NS(=O)(=O)c1ccccc1F. The molecule has 0 fully saturated rings. The van der Waals surface area contributed by atoms with E-state index in [-0.39, 0.29) is 6.42 Å². The van der Waals surface area contributed by atoms with E-state index in [2.05, 4.69) is 25.1 Å². The lowest BCUT2D eigenvalue weighted by Crippen LogP contribution is -2.45. The number of hydrogen-bond acceptors (Lipinski definition) is 6. The Balaban J connectivity index is 1.56. The minimum Gasteiger partial charge on any atom is -0.323 e. The van der Waals surface area contributed by atoms with Crippen LogP contribution in [0, 0.1) is 5.82 Å². The molecule has 4 rings (SSSR count). The van der Waals surface area contributed by atoms with Crippen molar-refractivity contribution in [2.24, 2.45) is 0 Å². The fourth-order valence-electron chi connectivity index (χ4n) is 3.10. The number of carbonyl (C=O) groups is 1. The highest BCUT2D eigenvalue weighted by molar-refractivity contribution is 7.89. The minimum atomic E-state index is -4.30. The van der Waals surface area contributed by atoms with Gasteiger partial charge in [0.25, 0.3) is 0 Å². The van der Waals surface area contributed by atoms with Crippen LogP contribution >= 0.6 is 0 Å². The molecule has 168 valence electrons. The second kappa shape index (κ2) is 9.67. The van der Waals surface area contributed by atoms with E-state index in [1.165, 1.54) is 35.7 Å². The topological polar surface area (TPSA) is 119 Å². The van der Waals surface area contributed by atoms with Crippen molar-refractivity contribution < 1.29 is 17.6 Å². The van der Waals surface area contributed by atoms with Gasteiger partial charge in [0.15, 0.2) is 5.82 Å². The zero-order valence-corrected chi connectivity index (χ0v) is 18.0. The Bertz CT molecular complexity index is 1330. The summed E-state index contributed by atoms with van der Waals surface area (Å²) < 4.78 is 43.6. The molecule has 0 aliphatic carbocycles. The standard InChI is InChI=1S/C22H19FN6O3S/c23-18-8-4-5-9-20(18)33(31,32)28-19(12-16-6-2-1-3-7-16)22(30)27-17-10-11-21(25-13-17)29-15-24-14-26-29/h1-11,13-15,19,28H,12H2,(H,27,30)/t19-/m0/s1. The average Bonchev–Trinajstić information content (AvgIpc) is 3.35. The summed E-state index contributed by atoms with van der Waals surface area (Å²) in [6.45, 7) is 0. The predicted octanol–water partition coefficient (Wildman–Crippen LogP) is 2.33. The molecule has 0 bridgehead atoms. The zero-order chi connectivity index (χ0) is 23.3. The van der Waals surface area contributed by atoms with Crippen molar-refractivity contribution in [2.45, 2.75) is 17.4 Å². The lowest BCUT2D eigenvalue weighted by Gasteiger charge is -2.19. The largest absolute Gasteiger partial charge is 0.323 e. The molecule has 0 saturated heterocycles. The maximum Gasteiger partial charge on any atom is 0.244 e. The van der Waals surface area contributed by atoms with Crippen LogP contribution in [-0.2, 0) is 21.2 Å².